The van der Waals surface area contributed by atoms with Gasteiger partial charge in [0.2, 0.25) is 15.9 Å². The van der Waals surface area contributed by atoms with Crippen LogP contribution in [0.4, 0.5) is 0 Å². The maximum absolute atomic E-state index is 13.4. The molecule has 0 aromatic heterocycles. The Labute approximate surface area is 187 Å². The smallest absolute Gasteiger partial charge is 0.243 e. The average Bonchev–Trinajstić information content (AvgIpc) is 2.73. The molecule has 0 unspecified atom stereocenters. The summed E-state index contributed by atoms with van der Waals surface area (Å²) in [5.41, 5.74) is 0.914. The first kappa shape index (κ1) is 24.2. The van der Waals surface area contributed by atoms with Crippen LogP contribution in [0, 0.1) is 18.8 Å². The molecule has 0 aliphatic carbocycles. The second kappa shape index (κ2) is 10.9. The Morgan fingerprint density at radius 2 is 1.81 bits per heavy atom. The number of sulfonamides is 1. The van der Waals surface area contributed by atoms with Crippen molar-refractivity contribution in [3.05, 3.63) is 29.8 Å². The highest BCUT2D eigenvalue weighted by molar-refractivity contribution is 7.89. The topological polar surface area (TPSA) is 73.0 Å². The van der Waals surface area contributed by atoms with Crippen LogP contribution < -0.4 is 5.32 Å². The number of piperidine rings is 1. The summed E-state index contributed by atoms with van der Waals surface area (Å²) in [5.74, 6) is 1.28. The molecule has 2 aliphatic rings. The molecule has 1 aromatic rings. The third kappa shape index (κ3) is 6.75. The molecule has 31 heavy (non-hydrogen) atoms. The molecular weight excluding hydrogens is 412 g/mol. The Balaban J connectivity index is 1.70. The maximum atomic E-state index is 13.4. The van der Waals surface area contributed by atoms with Crippen LogP contribution in [-0.4, -0.2) is 87.3 Å². The highest BCUT2D eigenvalue weighted by Gasteiger charge is 2.28. The number of carbonyl (C=O) groups excluding carboxylic acids is 1. The largest absolute Gasteiger partial charge is 0.340 e. The minimum atomic E-state index is -3.65. The summed E-state index contributed by atoms with van der Waals surface area (Å²) >= 11 is 0. The second-order valence-corrected chi connectivity index (χ2v) is 11.2. The van der Waals surface area contributed by atoms with E-state index < -0.39 is 10.0 Å². The fourth-order valence-electron chi connectivity index (χ4n) is 4.80. The molecule has 8 heteroatoms. The molecule has 7 nitrogen and oxygen atoms in total. The summed E-state index contributed by atoms with van der Waals surface area (Å²) in [6.07, 6.45) is 1.44. The van der Waals surface area contributed by atoms with E-state index in [1.165, 1.54) is 10.7 Å². The summed E-state index contributed by atoms with van der Waals surface area (Å²) < 4.78 is 28.4. The average molecular weight is 451 g/mol. The predicted octanol–water partition coefficient (Wildman–Crippen LogP) is 1.79. The zero-order chi connectivity index (χ0) is 22.4. The molecule has 0 saturated carbocycles. The number of piperazine rings is 1. The maximum Gasteiger partial charge on any atom is 0.243 e. The summed E-state index contributed by atoms with van der Waals surface area (Å²) in [7, 11) is -3.65. The number of amides is 1. The van der Waals surface area contributed by atoms with Gasteiger partial charge >= 0.3 is 0 Å². The van der Waals surface area contributed by atoms with Gasteiger partial charge in [-0.1, -0.05) is 26.0 Å². The first-order chi connectivity index (χ1) is 14.8. The van der Waals surface area contributed by atoms with Crippen molar-refractivity contribution in [2.75, 3.05) is 58.9 Å². The van der Waals surface area contributed by atoms with Gasteiger partial charge < -0.3 is 15.1 Å². The Morgan fingerprint density at radius 1 is 1.13 bits per heavy atom. The number of rotatable bonds is 8. The van der Waals surface area contributed by atoms with Crippen LogP contribution in [0.25, 0.3) is 0 Å². The van der Waals surface area contributed by atoms with Crippen LogP contribution in [0.1, 0.15) is 32.3 Å². The number of hydrogen-bond acceptors (Lipinski definition) is 5. The van der Waals surface area contributed by atoms with Crippen LogP contribution in [0.3, 0.4) is 0 Å². The fourth-order valence-corrected chi connectivity index (χ4v) is 6.33. The molecule has 0 spiro atoms. The highest BCUT2D eigenvalue weighted by atomic mass is 32.2. The molecule has 1 N–H and O–H groups in total. The van der Waals surface area contributed by atoms with Gasteiger partial charge in [-0.25, -0.2) is 8.42 Å². The van der Waals surface area contributed by atoms with Crippen molar-refractivity contribution < 1.29 is 13.2 Å². The standard InChI is InChI=1S/C23H38N4O3S/c1-19-5-4-6-22(16-19)31(29,30)27(10-7-23(28)26-11-8-24-9-12-26)14-13-25-17-20(2)15-21(3)18-25/h4-6,16,20-21,24H,7-15,17-18H2,1-3H3/t20-,21-/m0/s1. The van der Waals surface area contributed by atoms with Gasteiger partial charge in [-0.15, -0.1) is 0 Å². The lowest BCUT2D eigenvalue weighted by molar-refractivity contribution is -0.131. The molecule has 0 bridgehead atoms. The van der Waals surface area contributed by atoms with Crippen molar-refractivity contribution in [2.24, 2.45) is 11.8 Å². The molecule has 174 valence electrons. The zero-order valence-corrected chi connectivity index (χ0v) is 20.0. The number of carbonyl (C=O) groups is 1. The lowest BCUT2D eigenvalue weighted by atomic mass is 9.92. The molecule has 1 aromatic carbocycles. The Kier molecular flexibility index (Phi) is 8.50. The van der Waals surface area contributed by atoms with Gasteiger partial charge in [0.1, 0.15) is 0 Å². The summed E-state index contributed by atoms with van der Waals surface area (Å²) in [5, 5.41) is 3.24. The van der Waals surface area contributed by atoms with Crippen LogP contribution in [-0.2, 0) is 14.8 Å². The normalized spacial score (nSPS) is 23.3. The minimum absolute atomic E-state index is 0.0335. The van der Waals surface area contributed by atoms with Gasteiger partial charge in [0.05, 0.1) is 4.90 Å². The number of aryl methyl sites for hydroxylation is 1. The third-order valence-corrected chi connectivity index (χ3v) is 8.18. The zero-order valence-electron chi connectivity index (χ0n) is 19.2. The van der Waals surface area contributed by atoms with E-state index in [0.29, 0.717) is 42.9 Å². The van der Waals surface area contributed by atoms with Gasteiger partial charge in [0, 0.05) is 65.3 Å². The number of benzene rings is 1. The SMILES string of the molecule is Cc1cccc(S(=O)(=O)N(CCC(=O)N2CCNCC2)CCN2C[C@@H](C)C[C@H](C)C2)c1. The van der Waals surface area contributed by atoms with E-state index >= 15 is 0 Å². The van der Waals surface area contributed by atoms with E-state index in [-0.39, 0.29) is 18.9 Å². The number of nitrogens with one attached hydrogen (secondary N) is 1. The first-order valence-corrected chi connectivity index (χ1v) is 13.0. The monoisotopic (exact) mass is 450 g/mol. The lowest BCUT2D eigenvalue weighted by Gasteiger charge is -2.36. The number of hydrogen-bond donors (Lipinski definition) is 1. The molecule has 0 radical (unpaired) electrons. The quantitative estimate of drug-likeness (QED) is 0.654. The van der Waals surface area contributed by atoms with E-state index in [4.69, 9.17) is 0 Å². The molecule has 2 atom stereocenters. The molecular formula is C23H38N4O3S. The third-order valence-electron chi connectivity index (χ3n) is 6.28. The van der Waals surface area contributed by atoms with Crippen molar-refractivity contribution in [1.29, 1.82) is 0 Å². The molecule has 2 heterocycles. The van der Waals surface area contributed by atoms with Crippen molar-refractivity contribution in [3.63, 3.8) is 0 Å². The van der Waals surface area contributed by atoms with Crippen LogP contribution >= 0.6 is 0 Å². The van der Waals surface area contributed by atoms with Gasteiger partial charge in [0.15, 0.2) is 0 Å². The van der Waals surface area contributed by atoms with Crippen molar-refractivity contribution in [1.82, 2.24) is 19.4 Å². The summed E-state index contributed by atoms with van der Waals surface area (Å²) in [4.78, 5) is 17.2. The number of likely N-dealkylation sites (tertiary alicyclic amines) is 1. The van der Waals surface area contributed by atoms with Crippen molar-refractivity contribution in [3.8, 4) is 0 Å². The van der Waals surface area contributed by atoms with E-state index in [9.17, 15) is 13.2 Å². The first-order valence-electron chi connectivity index (χ1n) is 11.5. The van der Waals surface area contributed by atoms with E-state index in [2.05, 4.69) is 24.1 Å². The van der Waals surface area contributed by atoms with Gasteiger partial charge in [-0.2, -0.15) is 4.31 Å². The van der Waals surface area contributed by atoms with Gasteiger partial charge in [-0.05, 0) is 42.9 Å². The molecule has 2 saturated heterocycles. The Hall–Kier alpha value is -1.48. The Morgan fingerprint density at radius 3 is 2.45 bits per heavy atom. The minimum Gasteiger partial charge on any atom is -0.340 e. The molecule has 1 amide bonds. The van der Waals surface area contributed by atoms with Gasteiger partial charge in [-0.3, -0.25) is 4.79 Å². The van der Waals surface area contributed by atoms with Crippen molar-refractivity contribution in [2.45, 2.75) is 38.5 Å². The lowest BCUT2D eigenvalue weighted by Crippen LogP contribution is -2.48. The van der Waals surface area contributed by atoms with Crippen molar-refractivity contribution >= 4 is 15.9 Å². The Bertz CT molecular complexity index is 829. The summed E-state index contributed by atoms with van der Waals surface area (Å²) in [6, 6.07) is 7.04. The van der Waals surface area contributed by atoms with E-state index in [1.54, 1.807) is 18.2 Å². The summed E-state index contributed by atoms with van der Waals surface area (Å²) in [6.45, 7) is 12.7. The molecule has 2 aliphatic heterocycles. The van der Waals surface area contributed by atoms with Crippen LogP contribution in [0.15, 0.2) is 29.2 Å². The van der Waals surface area contributed by atoms with Crippen LogP contribution in [0.5, 0.6) is 0 Å². The van der Waals surface area contributed by atoms with Crippen LogP contribution in [0.2, 0.25) is 0 Å². The molecule has 2 fully saturated rings. The van der Waals surface area contributed by atoms with E-state index in [0.717, 1.165) is 31.7 Å². The molecule has 3 rings (SSSR count). The van der Waals surface area contributed by atoms with Gasteiger partial charge in [0.25, 0.3) is 0 Å². The second-order valence-electron chi connectivity index (χ2n) is 9.31. The van der Waals surface area contributed by atoms with E-state index in [1.807, 2.05) is 17.9 Å². The highest BCUT2D eigenvalue weighted by Crippen LogP contribution is 2.22. The fraction of sp³-hybridized carbons (Fsp3) is 0.696. The number of nitrogens with zero attached hydrogens (tertiary/aromatic N) is 3. The predicted molar refractivity (Wildman–Crippen MR) is 123 cm³/mol.